The second-order valence-corrected chi connectivity index (χ2v) is 5.85. The quantitative estimate of drug-likeness (QED) is 0.641. The summed E-state index contributed by atoms with van der Waals surface area (Å²) in [4.78, 5) is 38.8. The third kappa shape index (κ3) is 3.74. The number of amides is 1. The number of nitro benzene ring substituents is 2. The average molecular weight is 357 g/mol. The molecule has 1 saturated heterocycles. The van der Waals surface area contributed by atoms with E-state index in [-0.39, 0.29) is 11.6 Å². The molecule has 10 nitrogen and oxygen atoms in total. The lowest BCUT2D eigenvalue weighted by atomic mass is 10.1. The molecule has 10 heteroatoms. The molecule has 1 aliphatic rings. The third-order valence-electron chi connectivity index (χ3n) is 4.06. The Balaban J connectivity index is 1.75. The van der Waals surface area contributed by atoms with Crippen LogP contribution in [0.25, 0.3) is 0 Å². The smallest absolute Gasteiger partial charge is 0.277 e. The van der Waals surface area contributed by atoms with Crippen LogP contribution in [0.3, 0.4) is 0 Å². The number of pyridine rings is 1. The zero-order chi connectivity index (χ0) is 18.7. The van der Waals surface area contributed by atoms with E-state index in [2.05, 4.69) is 10.3 Å². The van der Waals surface area contributed by atoms with Gasteiger partial charge in [-0.2, -0.15) is 0 Å². The number of likely N-dealkylation sites (tertiary alicyclic amines) is 1. The van der Waals surface area contributed by atoms with Gasteiger partial charge >= 0.3 is 0 Å². The van der Waals surface area contributed by atoms with Crippen molar-refractivity contribution in [3.05, 3.63) is 68.4 Å². The molecule has 3 rings (SSSR count). The highest BCUT2D eigenvalue weighted by Gasteiger charge is 2.29. The standard InChI is InChI=1S/C16H15N5O5/c22-16(11-7-13(20(23)24)9-14(8-11)21(25)26)19-6-4-12(10-19)18-15-3-1-2-5-17-15/h1-3,5,7-9,12H,4,6,10H2,(H,17,18). The number of hydrogen-bond acceptors (Lipinski definition) is 7. The normalized spacial score (nSPS) is 16.3. The van der Waals surface area contributed by atoms with Gasteiger partial charge in [-0.05, 0) is 18.6 Å². The Bertz CT molecular complexity index is 825. The van der Waals surface area contributed by atoms with Crippen LogP contribution in [0, 0.1) is 20.2 Å². The number of rotatable bonds is 5. The lowest BCUT2D eigenvalue weighted by molar-refractivity contribution is -0.394. The largest absolute Gasteiger partial charge is 0.365 e. The van der Waals surface area contributed by atoms with Crippen molar-refractivity contribution in [3.8, 4) is 0 Å². The molecular weight excluding hydrogens is 342 g/mol. The fourth-order valence-corrected chi connectivity index (χ4v) is 2.83. The van der Waals surface area contributed by atoms with Crippen LogP contribution in [0.4, 0.5) is 17.2 Å². The highest BCUT2D eigenvalue weighted by Crippen LogP contribution is 2.25. The van der Waals surface area contributed by atoms with Gasteiger partial charge < -0.3 is 10.2 Å². The van der Waals surface area contributed by atoms with Crippen LogP contribution in [-0.4, -0.2) is 44.8 Å². The van der Waals surface area contributed by atoms with Gasteiger partial charge in [0.15, 0.2) is 0 Å². The molecule has 1 aliphatic heterocycles. The van der Waals surface area contributed by atoms with E-state index in [0.717, 1.165) is 18.2 Å². The first-order valence-electron chi connectivity index (χ1n) is 7.85. The number of carbonyl (C=O) groups excluding carboxylic acids is 1. The van der Waals surface area contributed by atoms with Crippen LogP contribution in [0.5, 0.6) is 0 Å². The molecular formula is C16H15N5O5. The van der Waals surface area contributed by atoms with Crippen molar-refractivity contribution in [2.75, 3.05) is 18.4 Å². The van der Waals surface area contributed by atoms with Gasteiger partial charge in [-0.25, -0.2) is 4.98 Å². The summed E-state index contributed by atoms with van der Waals surface area (Å²) in [6, 6.07) is 8.41. The van der Waals surface area contributed by atoms with Crippen molar-refractivity contribution in [2.45, 2.75) is 12.5 Å². The molecule has 0 saturated carbocycles. The predicted molar refractivity (Wildman–Crippen MR) is 91.9 cm³/mol. The SMILES string of the molecule is O=C(c1cc([N+](=O)[O-])cc([N+](=O)[O-])c1)N1CCC(Nc2ccccn2)C1. The van der Waals surface area contributed by atoms with Gasteiger partial charge in [0.2, 0.25) is 0 Å². The predicted octanol–water partition coefficient (Wildman–Crippen LogP) is 2.22. The zero-order valence-corrected chi connectivity index (χ0v) is 13.6. The minimum Gasteiger partial charge on any atom is -0.365 e. The number of nitrogens with one attached hydrogen (secondary N) is 1. The van der Waals surface area contributed by atoms with Crippen LogP contribution < -0.4 is 5.32 Å². The monoisotopic (exact) mass is 357 g/mol. The summed E-state index contributed by atoms with van der Waals surface area (Å²) in [5, 5.41) is 25.2. The summed E-state index contributed by atoms with van der Waals surface area (Å²) in [5.41, 5.74) is -1.03. The first-order chi connectivity index (χ1) is 12.4. The fourth-order valence-electron chi connectivity index (χ4n) is 2.83. The van der Waals surface area contributed by atoms with Gasteiger partial charge in [-0.15, -0.1) is 0 Å². The number of anilines is 1. The third-order valence-corrected chi connectivity index (χ3v) is 4.06. The molecule has 0 spiro atoms. The molecule has 1 fully saturated rings. The molecule has 1 aromatic carbocycles. The van der Waals surface area contributed by atoms with E-state index >= 15 is 0 Å². The van der Waals surface area contributed by atoms with Crippen molar-refractivity contribution >= 4 is 23.1 Å². The summed E-state index contributed by atoms with van der Waals surface area (Å²) < 4.78 is 0. The van der Waals surface area contributed by atoms with Crippen molar-refractivity contribution < 1.29 is 14.6 Å². The molecule has 26 heavy (non-hydrogen) atoms. The minimum atomic E-state index is -0.751. The lowest BCUT2D eigenvalue weighted by Gasteiger charge is -2.17. The Kier molecular flexibility index (Phi) is 4.74. The number of hydrogen-bond donors (Lipinski definition) is 1. The van der Waals surface area contributed by atoms with Gasteiger partial charge in [0.25, 0.3) is 17.3 Å². The maximum atomic E-state index is 12.6. The van der Waals surface area contributed by atoms with E-state index in [1.807, 2.05) is 12.1 Å². The summed E-state index contributed by atoms with van der Waals surface area (Å²) in [6.45, 7) is 0.825. The molecule has 2 aromatic rings. The number of benzene rings is 1. The Morgan fingerprint density at radius 1 is 1.15 bits per heavy atom. The summed E-state index contributed by atoms with van der Waals surface area (Å²) >= 11 is 0. The van der Waals surface area contributed by atoms with Crippen molar-refractivity contribution in [1.29, 1.82) is 0 Å². The maximum absolute atomic E-state index is 12.6. The second-order valence-electron chi connectivity index (χ2n) is 5.85. The van der Waals surface area contributed by atoms with Crippen LogP contribution >= 0.6 is 0 Å². The van der Waals surface area contributed by atoms with E-state index in [0.29, 0.717) is 25.3 Å². The van der Waals surface area contributed by atoms with Crippen LogP contribution in [0.2, 0.25) is 0 Å². The number of nitro groups is 2. The lowest BCUT2D eigenvalue weighted by Crippen LogP contribution is -2.31. The van der Waals surface area contributed by atoms with Gasteiger partial charge in [0, 0.05) is 37.5 Å². The molecule has 1 atom stereocenters. The topological polar surface area (TPSA) is 132 Å². The van der Waals surface area contributed by atoms with Crippen molar-refractivity contribution in [2.24, 2.45) is 0 Å². The summed E-state index contributed by atoms with van der Waals surface area (Å²) in [6.07, 6.45) is 2.34. The van der Waals surface area contributed by atoms with Crippen LogP contribution in [0.15, 0.2) is 42.6 Å². The van der Waals surface area contributed by atoms with E-state index in [1.54, 1.807) is 12.3 Å². The van der Waals surface area contributed by atoms with Crippen molar-refractivity contribution in [1.82, 2.24) is 9.88 Å². The van der Waals surface area contributed by atoms with Crippen LogP contribution in [0.1, 0.15) is 16.8 Å². The second kappa shape index (κ2) is 7.13. The van der Waals surface area contributed by atoms with E-state index in [9.17, 15) is 25.0 Å². The van der Waals surface area contributed by atoms with Gasteiger partial charge in [0.1, 0.15) is 5.82 Å². The van der Waals surface area contributed by atoms with E-state index in [1.165, 1.54) is 4.90 Å². The fraction of sp³-hybridized carbons (Fsp3) is 0.250. The minimum absolute atomic E-state index is 0.0115. The van der Waals surface area contributed by atoms with Gasteiger partial charge in [-0.1, -0.05) is 6.07 Å². The molecule has 1 amide bonds. The van der Waals surface area contributed by atoms with Gasteiger partial charge in [-0.3, -0.25) is 25.0 Å². The van der Waals surface area contributed by atoms with E-state index in [4.69, 9.17) is 0 Å². The maximum Gasteiger partial charge on any atom is 0.277 e. The molecule has 0 aliphatic carbocycles. The Hall–Kier alpha value is -3.56. The molecule has 0 radical (unpaired) electrons. The molecule has 1 N–H and O–H groups in total. The molecule has 134 valence electrons. The first kappa shape index (κ1) is 17.3. The Labute approximate surface area is 147 Å². The Morgan fingerprint density at radius 3 is 2.42 bits per heavy atom. The number of non-ortho nitro benzene ring substituents is 2. The number of nitrogens with zero attached hydrogens (tertiary/aromatic N) is 4. The summed E-state index contributed by atoms with van der Waals surface area (Å²) in [7, 11) is 0. The van der Waals surface area contributed by atoms with E-state index < -0.39 is 27.1 Å². The Morgan fingerprint density at radius 2 is 1.85 bits per heavy atom. The molecule has 2 heterocycles. The number of carbonyl (C=O) groups is 1. The van der Waals surface area contributed by atoms with Gasteiger partial charge in [0.05, 0.1) is 21.5 Å². The molecule has 1 unspecified atom stereocenters. The molecule has 1 aromatic heterocycles. The first-order valence-corrected chi connectivity index (χ1v) is 7.85. The zero-order valence-electron chi connectivity index (χ0n) is 13.6. The molecule has 0 bridgehead atoms. The number of aromatic nitrogens is 1. The van der Waals surface area contributed by atoms with Crippen molar-refractivity contribution in [3.63, 3.8) is 0 Å². The average Bonchev–Trinajstić information content (AvgIpc) is 3.09. The van der Waals surface area contributed by atoms with Crippen LogP contribution in [-0.2, 0) is 0 Å². The highest BCUT2D eigenvalue weighted by molar-refractivity contribution is 5.95. The highest BCUT2D eigenvalue weighted by atomic mass is 16.6. The summed E-state index contributed by atoms with van der Waals surface area (Å²) in [5.74, 6) is 0.222.